The van der Waals surface area contributed by atoms with Crippen LogP contribution < -0.4 is 0 Å². The lowest BCUT2D eigenvalue weighted by Crippen LogP contribution is -2.07. The van der Waals surface area contributed by atoms with Gasteiger partial charge in [-0.15, -0.1) is 11.3 Å². The SMILES string of the molecule is Cc1sc(CCC2CCCCC2)nc1CO. The van der Waals surface area contributed by atoms with E-state index in [2.05, 4.69) is 4.98 Å². The molecule has 1 aliphatic carbocycles. The van der Waals surface area contributed by atoms with Crippen molar-refractivity contribution < 1.29 is 5.11 Å². The predicted molar refractivity (Wildman–Crippen MR) is 67.7 cm³/mol. The smallest absolute Gasteiger partial charge is 0.0932 e. The molecule has 0 radical (unpaired) electrons. The first-order valence-electron chi connectivity index (χ1n) is 6.35. The van der Waals surface area contributed by atoms with Gasteiger partial charge in [0.05, 0.1) is 17.3 Å². The van der Waals surface area contributed by atoms with Crippen molar-refractivity contribution in [3.05, 3.63) is 15.6 Å². The molecule has 1 aliphatic rings. The minimum atomic E-state index is 0.0890. The monoisotopic (exact) mass is 239 g/mol. The van der Waals surface area contributed by atoms with E-state index in [9.17, 15) is 0 Å². The van der Waals surface area contributed by atoms with Crippen molar-refractivity contribution in [3.8, 4) is 0 Å². The Morgan fingerprint density at radius 1 is 1.31 bits per heavy atom. The molecule has 0 aromatic carbocycles. The molecule has 90 valence electrons. The quantitative estimate of drug-likeness (QED) is 0.873. The standard InChI is InChI=1S/C13H21NOS/c1-10-12(9-15)14-13(16-10)8-7-11-5-3-2-4-6-11/h11,15H,2-9H2,1H3. The van der Waals surface area contributed by atoms with Crippen molar-refractivity contribution in [1.29, 1.82) is 0 Å². The number of thiazole rings is 1. The van der Waals surface area contributed by atoms with E-state index in [4.69, 9.17) is 5.11 Å². The molecule has 1 N–H and O–H groups in total. The first-order chi connectivity index (χ1) is 7.79. The molecule has 1 aromatic rings. The van der Waals surface area contributed by atoms with Gasteiger partial charge in [-0.3, -0.25) is 0 Å². The van der Waals surface area contributed by atoms with Crippen LogP contribution in [-0.4, -0.2) is 10.1 Å². The Balaban J connectivity index is 1.83. The summed E-state index contributed by atoms with van der Waals surface area (Å²) in [6.07, 6.45) is 9.50. The Kier molecular flexibility index (Phi) is 4.36. The molecule has 3 heteroatoms. The van der Waals surface area contributed by atoms with Crippen LogP contribution in [0, 0.1) is 12.8 Å². The molecule has 16 heavy (non-hydrogen) atoms. The number of aliphatic hydroxyl groups is 1. The second-order valence-electron chi connectivity index (χ2n) is 4.81. The van der Waals surface area contributed by atoms with Gasteiger partial charge in [0, 0.05) is 4.88 Å². The van der Waals surface area contributed by atoms with Gasteiger partial charge in [-0.2, -0.15) is 0 Å². The number of aliphatic hydroxyl groups excluding tert-OH is 1. The van der Waals surface area contributed by atoms with E-state index >= 15 is 0 Å². The lowest BCUT2D eigenvalue weighted by atomic mass is 9.86. The average Bonchev–Trinajstić information content (AvgIpc) is 2.69. The maximum absolute atomic E-state index is 9.09. The summed E-state index contributed by atoms with van der Waals surface area (Å²) in [7, 11) is 0. The Morgan fingerprint density at radius 2 is 2.06 bits per heavy atom. The van der Waals surface area contributed by atoms with Crippen LogP contribution in [0.3, 0.4) is 0 Å². The van der Waals surface area contributed by atoms with Crippen LogP contribution in [0.1, 0.15) is 54.1 Å². The summed E-state index contributed by atoms with van der Waals surface area (Å²) in [5.41, 5.74) is 0.878. The van der Waals surface area contributed by atoms with Crippen molar-refractivity contribution in [2.24, 2.45) is 5.92 Å². The van der Waals surface area contributed by atoms with E-state index in [-0.39, 0.29) is 6.61 Å². The number of hydrogen-bond donors (Lipinski definition) is 1. The topological polar surface area (TPSA) is 33.1 Å². The van der Waals surface area contributed by atoms with Gasteiger partial charge < -0.3 is 5.11 Å². The summed E-state index contributed by atoms with van der Waals surface area (Å²) in [4.78, 5) is 5.66. The van der Waals surface area contributed by atoms with Crippen LogP contribution in [0.2, 0.25) is 0 Å². The highest BCUT2D eigenvalue weighted by Gasteiger charge is 2.14. The fourth-order valence-electron chi connectivity index (χ4n) is 2.54. The largest absolute Gasteiger partial charge is 0.390 e. The third-order valence-electron chi connectivity index (χ3n) is 3.58. The molecule has 1 heterocycles. The number of nitrogens with zero attached hydrogens (tertiary/aromatic N) is 1. The first-order valence-corrected chi connectivity index (χ1v) is 7.17. The third kappa shape index (κ3) is 3.05. The van der Waals surface area contributed by atoms with Gasteiger partial charge in [0.1, 0.15) is 0 Å². The first kappa shape index (κ1) is 12.1. The number of rotatable bonds is 4. The minimum absolute atomic E-state index is 0.0890. The maximum atomic E-state index is 9.09. The average molecular weight is 239 g/mol. The molecule has 0 amide bonds. The fourth-order valence-corrected chi connectivity index (χ4v) is 3.50. The molecule has 0 spiro atoms. The molecular weight excluding hydrogens is 218 g/mol. The molecule has 0 unspecified atom stereocenters. The van der Waals surface area contributed by atoms with Gasteiger partial charge >= 0.3 is 0 Å². The van der Waals surface area contributed by atoms with E-state index in [0.717, 1.165) is 18.0 Å². The second kappa shape index (κ2) is 5.78. The summed E-state index contributed by atoms with van der Waals surface area (Å²) in [6.45, 7) is 2.14. The summed E-state index contributed by atoms with van der Waals surface area (Å²) in [5, 5.41) is 10.3. The van der Waals surface area contributed by atoms with Gasteiger partial charge in [-0.25, -0.2) is 4.98 Å². The molecule has 0 atom stereocenters. The van der Waals surface area contributed by atoms with Crippen LogP contribution in [0.4, 0.5) is 0 Å². The van der Waals surface area contributed by atoms with E-state index < -0.39 is 0 Å². The fraction of sp³-hybridized carbons (Fsp3) is 0.769. The minimum Gasteiger partial charge on any atom is -0.390 e. The normalized spacial score (nSPS) is 17.9. The lowest BCUT2D eigenvalue weighted by molar-refractivity contribution is 0.276. The van der Waals surface area contributed by atoms with Crippen LogP contribution in [0.5, 0.6) is 0 Å². The second-order valence-corrected chi connectivity index (χ2v) is 6.10. The van der Waals surface area contributed by atoms with Crippen molar-refractivity contribution >= 4 is 11.3 Å². The van der Waals surface area contributed by atoms with E-state index in [1.54, 1.807) is 11.3 Å². The number of aryl methyl sites for hydroxylation is 2. The van der Waals surface area contributed by atoms with E-state index in [0.29, 0.717) is 0 Å². The van der Waals surface area contributed by atoms with Crippen LogP contribution in [0.15, 0.2) is 0 Å². The maximum Gasteiger partial charge on any atom is 0.0932 e. The molecule has 0 bridgehead atoms. The molecule has 2 nitrogen and oxygen atoms in total. The molecule has 0 aliphatic heterocycles. The molecule has 1 fully saturated rings. The van der Waals surface area contributed by atoms with E-state index in [1.165, 1.54) is 48.4 Å². The lowest BCUT2D eigenvalue weighted by Gasteiger charge is -2.20. The Morgan fingerprint density at radius 3 is 2.69 bits per heavy atom. The Bertz CT molecular complexity index is 329. The molecule has 0 saturated heterocycles. The molecule has 1 aromatic heterocycles. The molecular formula is C13H21NOS. The highest BCUT2D eigenvalue weighted by Crippen LogP contribution is 2.28. The van der Waals surface area contributed by atoms with Crippen LogP contribution in [-0.2, 0) is 13.0 Å². The van der Waals surface area contributed by atoms with Gasteiger partial charge in [0.15, 0.2) is 0 Å². The summed E-state index contributed by atoms with van der Waals surface area (Å²) >= 11 is 1.76. The zero-order valence-corrected chi connectivity index (χ0v) is 10.9. The van der Waals surface area contributed by atoms with E-state index in [1.807, 2.05) is 6.92 Å². The van der Waals surface area contributed by atoms with Crippen molar-refractivity contribution in [3.63, 3.8) is 0 Å². The summed E-state index contributed by atoms with van der Waals surface area (Å²) in [5.74, 6) is 0.926. The number of aromatic nitrogens is 1. The van der Waals surface area contributed by atoms with Gasteiger partial charge in [-0.05, 0) is 25.7 Å². The summed E-state index contributed by atoms with van der Waals surface area (Å²) < 4.78 is 0. The molecule has 2 rings (SSSR count). The van der Waals surface area contributed by atoms with Gasteiger partial charge in [0.2, 0.25) is 0 Å². The predicted octanol–water partition coefficient (Wildman–Crippen LogP) is 3.46. The van der Waals surface area contributed by atoms with Crippen LogP contribution >= 0.6 is 11.3 Å². The third-order valence-corrected chi connectivity index (χ3v) is 4.65. The highest BCUT2D eigenvalue weighted by atomic mass is 32.1. The summed E-state index contributed by atoms with van der Waals surface area (Å²) in [6, 6.07) is 0. The van der Waals surface area contributed by atoms with Gasteiger partial charge in [-0.1, -0.05) is 32.1 Å². The zero-order chi connectivity index (χ0) is 11.4. The van der Waals surface area contributed by atoms with Crippen molar-refractivity contribution in [1.82, 2.24) is 4.98 Å². The molecule has 1 saturated carbocycles. The zero-order valence-electron chi connectivity index (χ0n) is 10.0. The van der Waals surface area contributed by atoms with Crippen molar-refractivity contribution in [2.45, 2.75) is 58.5 Å². The Hall–Kier alpha value is -0.410. The van der Waals surface area contributed by atoms with Gasteiger partial charge in [0.25, 0.3) is 0 Å². The van der Waals surface area contributed by atoms with Crippen LogP contribution in [0.25, 0.3) is 0 Å². The Labute approximate surface area is 102 Å². The van der Waals surface area contributed by atoms with Crippen molar-refractivity contribution in [2.75, 3.05) is 0 Å². The highest BCUT2D eigenvalue weighted by molar-refractivity contribution is 7.11. The number of hydrogen-bond acceptors (Lipinski definition) is 3.